The van der Waals surface area contributed by atoms with Crippen LogP contribution in [0.1, 0.15) is 10.4 Å². The van der Waals surface area contributed by atoms with Crippen molar-refractivity contribution in [2.75, 3.05) is 16.3 Å². The van der Waals surface area contributed by atoms with Crippen molar-refractivity contribution < 1.29 is 13.2 Å². The molecule has 3 N–H and O–H groups in total. The highest BCUT2D eigenvalue weighted by molar-refractivity contribution is 7.92. The fourth-order valence-electron chi connectivity index (χ4n) is 2.29. The molecule has 0 spiro atoms. The van der Waals surface area contributed by atoms with Gasteiger partial charge in [-0.3, -0.25) is 14.6 Å². The molecule has 0 aliphatic rings. The zero-order valence-electron chi connectivity index (χ0n) is 13.4. The van der Waals surface area contributed by atoms with E-state index in [9.17, 15) is 13.2 Å². The van der Waals surface area contributed by atoms with Crippen LogP contribution in [0.3, 0.4) is 0 Å². The highest BCUT2D eigenvalue weighted by Gasteiger charge is 2.09. The van der Waals surface area contributed by atoms with Crippen LogP contribution in [0.4, 0.5) is 11.4 Å². The molecule has 1 aromatic heterocycles. The van der Waals surface area contributed by atoms with Gasteiger partial charge in [-0.2, -0.15) is 5.10 Å². The lowest BCUT2D eigenvalue weighted by molar-refractivity contribution is 0.102. The lowest BCUT2D eigenvalue weighted by atomic mass is 10.1. The molecule has 0 aliphatic heterocycles. The number of aromatic nitrogens is 2. The number of sulfonamides is 1. The van der Waals surface area contributed by atoms with E-state index in [-0.39, 0.29) is 5.91 Å². The molecule has 128 valence electrons. The Morgan fingerprint density at radius 1 is 1.04 bits per heavy atom. The summed E-state index contributed by atoms with van der Waals surface area (Å²) in [5, 5.41) is 9.55. The number of H-pyrrole nitrogens is 1. The van der Waals surface area contributed by atoms with E-state index >= 15 is 0 Å². The topological polar surface area (TPSA) is 104 Å². The Bertz CT molecular complexity index is 981. The Labute approximate surface area is 145 Å². The van der Waals surface area contributed by atoms with Crippen molar-refractivity contribution in [3.8, 4) is 11.3 Å². The normalized spacial score (nSPS) is 11.1. The first-order valence-electron chi connectivity index (χ1n) is 7.40. The number of hydrogen-bond acceptors (Lipinski definition) is 4. The van der Waals surface area contributed by atoms with Crippen molar-refractivity contribution >= 4 is 27.3 Å². The average molecular weight is 356 g/mol. The molecule has 0 radical (unpaired) electrons. The quantitative estimate of drug-likeness (QED) is 0.654. The molecule has 7 nitrogen and oxygen atoms in total. The van der Waals surface area contributed by atoms with Crippen molar-refractivity contribution in [1.29, 1.82) is 0 Å². The number of anilines is 2. The van der Waals surface area contributed by atoms with E-state index in [2.05, 4.69) is 20.2 Å². The molecule has 0 saturated carbocycles. The number of hydrogen-bond donors (Lipinski definition) is 3. The highest BCUT2D eigenvalue weighted by Crippen LogP contribution is 2.20. The second-order valence-corrected chi connectivity index (χ2v) is 7.21. The minimum absolute atomic E-state index is 0.327. The van der Waals surface area contributed by atoms with Crippen molar-refractivity contribution in [2.45, 2.75) is 0 Å². The maximum Gasteiger partial charge on any atom is 0.255 e. The first-order valence-corrected chi connectivity index (χ1v) is 9.29. The van der Waals surface area contributed by atoms with Crippen molar-refractivity contribution in [3.63, 3.8) is 0 Å². The summed E-state index contributed by atoms with van der Waals surface area (Å²) in [6, 6.07) is 15.4. The Kier molecular flexibility index (Phi) is 4.53. The Morgan fingerprint density at radius 3 is 2.44 bits per heavy atom. The summed E-state index contributed by atoms with van der Waals surface area (Å²) in [6.07, 6.45) is 2.73. The molecule has 1 heterocycles. The molecular formula is C17H16N4O3S. The zero-order chi connectivity index (χ0) is 17.9. The van der Waals surface area contributed by atoms with Crippen LogP contribution in [0.2, 0.25) is 0 Å². The monoisotopic (exact) mass is 356 g/mol. The highest BCUT2D eigenvalue weighted by atomic mass is 32.2. The summed E-state index contributed by atoms with van der Waals surface area (Å²) in [5.74, 6) is -0.327. The number of rotatable bonds is 5. The SMILES string of the molecule is CS(=O)(=O)Nc1cccc(C(=O)Nc2ccc(-c3ccn[nH]3)cc2)c1. The van der Waals surface area contributed by atoms with Crippen LogP contribution in [0.25, 0.3) is 11.3 Å². The molecule has 3 aromatic rings. The summed E-state index contributed by atoms with van der Waals surface area (Å²) in [7, 11) is -3.39. The van der Waals surface area contributed by atoms with Gasteiger partial charge in [0, 0.05) is 23.1 Å². The molecular weight excluding hydrogens is 340 g/mol. The van der Waals surface area contributed by atoms with E-state index in [0.29, 0.717) is 16.9 Å². The minimum Gasteiger partial charge on any atom is -0.322 e. The molecule has 0 atom stereocenters. The third-order valence-corrected chi connectivity index (χ3v) is 3.99. The summed E-state index contributed by atoms with van der Waals surface area (Å²) >= 11 is 0. The third kappa shape index (κ3) is 4.45. The number of amides is 1. The molecule has 0 unspecified atom stereocenters. The van der Waals surface area contributed by atoms with Gasteiger partial charge in [-0.25, -0.2) is 8.42 Å². The number of aromatic amines is 1. The van der Waals surface area contributed by atoms with Crippen LogP contribution in [0, 0.1) is 0 Å². The second-order valence-electron chi connectivity index (χ2n) is 5.46. The van der Waals surface area contributed by atoms with E-state index in [1.165, 1.54) is 6.07 Å². The molecule has 0 fully saturated rings. The molecule has 8 heteroatoms. The molecule has 0 saturated heterocycles. The Balaban J connectivity index is 1.73. The third-order valence-electron chi connectivity index (χ3n) is 3.38. The number of nitrogens with one attached hydrogen (secondary N) is 3. The fraction of sp³-hybridized carbons (Fsp3) is 0.0588. The van der Waals surface area contributed by atoms with E-state index < -0.39 is 10.0 Å². The van der Waals surface area contributed by atoms with Gasteiger partial charge in [0.25, 0.3) is 5.91 Å². The lowest BCUT2D eigenvalue weighted by Gasteiger charge is -2.08. The molecule has 0 aliphatic carbocycles. The Morgan fingerprint density at radius 2 is 1.80 bits per heavy atom. The van der Waals surface area contributed by atoms with Crippen LogP contribution in [0.5, 0.6) is 0 Å². The fourth-order valence-corrected chi connectivity index (χ4v) is 2.85. The molecule has 25 heavy (non-hydrogen) atoms. The lowest BCUT2D eigenvalue weighted by Crippen LogP contribution is -2.13. The first-order chi connectivity index (χ1) is 11.9. The van der Waals surface area contributed by atoms with E-state index in [1.54, 1.807) is 36.5 Å². The van der Waals surface area contributed by atoms with Crippen molar-refractivity contribution in [1.82, 2.24) is 10.2 Å². The van der Waals surface area contributed by atoms with E-state index in [1.807, 2.05) is 18.2 Å². The van der Waals surface area contributed by atoms with Crippen LogP contribution >= 0.6 is 0 Å². The number of benzene rings is 2. The molecule has 1 amide bonds. The second kappa shape index (κ2) is 6.78. The smallest absolute Gasteiger partial charge is 0.255 e. The van der Waals surface area contributed by atoms with Crippen LogP contribution < -0.4 is 10.0 Å². The summed E-state index contributed by atoms with van der Waals surface area (Å²) in [5.41, 5.74) is 3.16. The van der Waals surface area contributed by atoms with Crippen LogP contribution in [-0.4, -0.2) is 30.8 Å². The van der Waals surface area contributed by atoms with Gasteiger partial charge in [0.05, 0.1) is 11.9 Å². The van der Waals surface area contributed by atoms with Gasteiger partial charge in [-0.1, -0.05) is 18.2 Å². The van der Waals surface area contributed by atoms with Crippen molar-refractivity contribution in [2.24, 2.45) is 0 Å². The molecule has 0 bridgehead atoms. The Hall–Kier alpha value is -3.13. The average Bonchev–Trinajstić information content (AvgIpc) is 3.08. The maximum atomic E-state index is 12.3. The summed E-state index contributed by atoms with van der Waals surface area (Å²) < 4.78 is 24.9. The first kappa shape index (κ1) is 16.7. The van der Waals surface area contributed by atoms with Gasteiger partial charge < -0.3 is 5.32 Å². The zero-order valence-corrected chi connectivity index (χ0v) is 14.2. The summed E-state index contributed by atoms with van der Waals surface area (Å²) in [4.78, 5) is 12.3. The molecule has 2 aromatic carbocycles. The molecule has 3 rings (SSSR count). The van der Waals surface area contributed by atoms with Gasteiger partial charge >= 0.3 is 0 Å². The van der Waals surface area contributed by atoms with Gasteiger partial charge in [0.1, 0.15) is 0 Å². The van der Waals surface area contributed by atoms with Gasteiger partial charge in [0.2, 0.25) is 10.0 Å². The number of carbonyl (C=O) groups excluding carboxylic acids is 1. The predicted molar refractivity (Wildman–Crippen MR) is 96.9 cm³/mol. The largest absolute Gasteiger partial charge is 0.322 e. The maximum absolute atomic E-state index is 12.3. The number of carbonyl (C=O) groups is 1. The standard InChI is InChI=1S/C17H16N4O3S/c1-25(23,24)21-15-4-2-3-13(11-15)17(22)19-14-7-5-12(6-8-14)16-9-10-18-20-16/h2-11,21H,1H3,(H,18,20)(H,19,22). The van der Waals surface area contributed by atoms with Gasteiger partial charge in [0.15, 0.2) is 0 Å². The van der Waals surface area contributed by atoms with Gasteiger partial charge in [-0.15, -0.1) is 0 Å². The minimum atomic E-state index is -3.39. The summed E-state index contributed by atoms with van der Waals surface area (Å²) in [6.45, 7) is 0. The van der Waals surface area contributed by atoms with Crippen LogP contribution in [0.15, 0.2) is 60.8 Å². The van der Waals surface area contributed by atoms with Gasteiger partial charge in [-0.05, 0) is 42.0 Å². The number of nitrogens with zero attached hydrogens (tertiary/aromatic N) is 1. The van der Waals surface area contributed by atoms with E-state index in [0.717, 1.165) is 17.5 Å². The van der Waals surface area contributed by atoms with E-state index in [4.69, 9.17) is 0 Å². The van der Waals surface area contributed by atoms with Crippen molar-refractivity contribution in [3.05, 3.63) is 66.4 Å². The van der Waals surface area contributed by atoms with Crippen LogP contribution in [-0.2, 0) is 10.0 Å². The predicted octanol–water partition coefficient (Wildman–Crippen LogP) is 2.70.